The fourth-order valence-corrected chi connectivity index (χ4v) is 3.01. The number of aliphatic hydroxyl groups excluding tert-OH is 1. The topological polar surface area (TPSA) is 47.3 Å². The molecule has 0 aliphatic carbocycles. The van der Waals surface area contributed by atoms with Gasteiger partial charge in [0.25, 0.3) is 0 Å². The number of benzene rings is 1. The number of aryl methyl sites for hydroxylation is 2. The van der Waals surface area contributed by atoms with Gasteiger partial charge in [-0.3, -0.25) is 4.68 Å². The van der Waals surface area contributed by atoms with Gasteiger partial charge in [-0.05, 0) is 18.6 Å². The highest BCUT2D eigenvalue weighted by Crippen LogP contribution is 2.35. The maximum absolute atomic E-state index is 10.5. The van der Waals surface area contributed by atoms with Crippen LogP contribution in [0.1, 0.15) is 30.0 Å². The lowest BCUT2D eigenvalue weighted by Crippen LogP contribution is -2.08. The molecule has 0 saturated heterocycles. The van der Waals surface area contributed by atoms with Crippen molar-refractivity contribution in [3.05, 3.63) is 45.2 Å². The lowest BCUT2D eigenvalue weighted by atomic mass is 10.0. The monoisotopic (exact) mass is 328 g/mol. The van der Waals surface area contributed by atoms with Crippen LogP contribution >= 0.6 is 23.2 Å². The quantitative estimate of drug-likeness (QED) is 0.912. The first-order chi connectivity index (χ1) is 9.99. The van der Waals surface area contributed by atoms with Gasteiger partial charge in [-0.15, -0.1) is 0 Å². The van der Waals surface area contributed by atoms with Crippen LogP contribution in [0.25, 0.3) is 0 Å². The Morgan fingerprint density at radius 1 is 1.38 bits per heavy atom. The van der Waals surface area contributed by atoms with Gasteiger partial charge in [0.2, 0.25) is 0 Å². The SMILES string of the molecule is CCc1nn(C)c(CC(O)c2c(Cl)cccc2OC)c1Cl. The average Bonchev–Trinajstić information content (AvgIpc) is 2.74. The summed E-state index contributed by atoms with van der Waals surface area (Å²) in [5.41, 5.74) is 2.17. The summed E-state index contributed by atoms with van der Waals surface area (Å²) < 4.78 is 6.97. The minimum atomic E-state index is -0.814. The first kappa shape index (κ1) is 16.1. The molecule has 0 aliphatic heterocycles. The summed E-state index contributed by atoms with van der Waals surface area (Å²) in [6.07, 6.45) is 0.256. The number of aromatic nitrogens is 2. The molecule has 114 valence electrons. The van der Waals surface area contributed by atoms with Crippen molar-refractivity contribution in [2.75, 3.05) is 7.11 Å². The van der Waals surface area contributed by atoms with Crippen LogP contribution in [0.2, 0.25) is 10.0 Å². The first-order valence-corrected chi connectivity index (χ1v) is 7.45. The van der Waals surface area contributed by atoms with Gasteiger partial charge in [0.1, 0.15) is 5.75 Å². The molecule has 0 amide bonds. The summed E-state index contributed by atoms with van der Waals surface area (Å²) >= 11 is 12.5. The largest absolute Gasteiger partial charge is 0.496 e. The van der Waals surface area contributed by atoms with Crippen molar-refractivity contribution >= 4 is 23.2 Å². The predicted octanol–water partition coefficient (Wildman–Crippen LogP) is 3.57. The molecule has 0 radical (unpaired) electrons. The summed E-state index contributed by atoms with van der Waals surface area (Å²) in [7, 11) is 3.37. The molecule has 0 saturated carbocycles. The van der Waals surface area contributed by atoms with E-state index < -0.39 is 6.10 Å². The van der Waals surface area contributed by atoms with Crippen molar-refractivity contribution in [3.8, 4) is 5.75 Å². The smallest absolute Gasteiger partial charge is 0.126 e. The Morgan fingerprint density at radius 2 is 2.10 bits per heavy atom. The second-order valence-electron chi connectivity index (χ2n) is 4.76. The fourth-order valence-electron chi connectivity index (χ4n) is 2.35. The molecule has 2 aromatic rings. The molecule has 0 spiro atoms. The normalized spacial score (nSPS) is 12.5. The highest BCUT2D eigenvalue weighted by molar-refractivity contribution is 6.32. The zero-order valence-electron chi connectivity index (χ0n) is 12.2. The van der Waals surface area contributed by atoms with Crippen LogP contribution < -0.4 is 4.74 Å². The van der Waals surface area contributed by atoms with E-state index >= 15 is 0 Å². The van der Waals surface area contributed by atoms with Crippen LogP contribution in [0.4, 0.5) is 0 Å². The van der Waals surface area contributed by atoms with Gasteiger partial charge in [-0.2, -0.15) is 5.10 Å². The van der Waals surface area contributed by atoms with E-state index in [2.05, 4.69) is 5.10 Å². The Morgan fingerprint density at radius 3 is 2.67 bits per heavy atom. The van der Waals surface area contributed by atoms with Crippen LogP contribution in [-0.2, 0) is 19.9 Å². The maximum atomic E-state index is 10.5. The number of hydrogen-bond acceptors (Lipinski definition) is 3. The molecule has 0 fully saturated rings. The minimum absolute atomic E-state index is 0.322. The Kier molecular flexibility index (Phi) is 5.14. The number of nitrogens with zero attached hydrogens (tertiary/aromatic N) is 2. The molecule has 1 N–H and O–H groups in total. The number of ether oxygens (including phenoxy) is 1. The molecule has 2 rings (SSSR count). The summed E-state index contributed by atoms with van der Waals surface area (Å²) in [6.45, 7) is 1.99. The summed E-state index contributed by atoms with van der Waals surface area (Å²) in [5.74, 6) is 0.559. The van der Waals surface area contributed by atoms with Crippen molar-refractivity contribution in [1.82, 2.24) is 9.78 Å². The molecule has 0 aliphatic rings. The molecular weight excluding hydrogens is 311 g/mol. The third kappa shape index (κ3) is 3.18. The van der Waals surface area contributed by atoms with Gasteiger partial charge >= 0.3 is 0 Å². The standard InChI is InChI=1S/C15H18Cl2N2O2/c1-4-10-15(17)11(19(2)18-10)8-12(20)14-9(16)6-5-7-13(14)21-3/h5-7,12,20H,4,8H2,1-3H3. The fraction of sp³-hybridized carbons (Fsp3) is 0.400. The highest BCUT2D eigenvalue weighted by Gasteiger charge is 2.22. The lowest BCUT2D eigenvalue weighted by molar-refractivity contribution is 0.171. The van der Waals surface area contributed by atoms with Crippen LogP contribution in [-0.4, -0.2) is 22.0 Å². The molecular formula is C15H18Cl2N2O2. The number of rotatable bonds is 5. The van der Waals surface area contributed by atoms with Gasteiger partial charge < -0.3 is 9.84 Å². The maximum Gasteiger partial charge on any atom is 0.126 e. The minimum Gasteiger partial charge on any atom is -0.496 e. The van der Waals surface area contributed by atoms with Crippen molar-refractivity contribution in [1.29, 1.82) is 0 Å². The van der Waals surface area contributed by atoms with Crippen molar-refractivity contribution < 1.29 is 9.84 Å². The van der Waals surface area contributed by atoms with Crippen LogP contribution in [0.5, 0.6) is 5.75 Å². The molecule has 1 heterocycles. The van der Waals surface area contributed by atoms with Gasteiger partial charge in [-0.25, -0.2) is 0 Å². The Balaban J connectivity index is 2.35. The van der Waals surface area contributed by atoms with Crippen molar-refractivity contribution in [3.63, 3.8) is 0 Å². The summed E-state index contributed by atoms with van der Waals surface area (Å²) in [6, 6.07) is 5.28. The summed E-state index contributed by atoms with van der Waals surface area (Å²) in [5, 5.41) is 16.0. The summed E-state index contributed by atoms with van der Waals surface area (Å²) in [4.78, 5) is 0. The van der Waals surface area contributed by atoms with E-state index in [0.29, 0.717) is 27.8 Å². The van der Waals surface area contributed by atoms with Gasteiger partial charge in [0.15, 0.2) is 0 Å². The number of hydrogen-bond donors (Lipinski definition) is 1. The van der Waals surface area contributed by atoms with Crippen LogP contribution in [0.3, 0.4) is 0 Å². The molecule has 0 bridgehead atoms. The van der Waals surface area contributed by atoms with Crippen molar-refractivity contribution in [2.45, 2.75) is 25.9 Å². The Bertz CT molecular complexity index is 641. The number of methoxy groups -OCH3 is 1. The predicted molar refractivity (Wildman–Crippen MR) is 84.3 cm³/mol. The van der Waals surface area contributed by atoms with E-state index in [-0.39, 0.29) is 0 Å². The van der Waals surface area contributed by atoms with Crippen LogP contribution in [0.15, 0.2) is 18.2 Å². The third-order valence-electron chi connectivity index (χ3n) is 3.46. The zero-order chi connectivity index (χ0) is 15.6. The van der Waals surface area contributed by atoms with E-state index in [9.17, 15) is 5.11 Å². The molecule has 21 heavy (non-hydrogen) atoms. The number of halogens is 2. The Labute approximate surface area is 134 Å². The molecule has 6 heteroatoms. The average molecular weight is 329 g/mol. The van der Waals surface area contributed by atoms with E-state index in [1.807, 2.05) is 14.0 Å². The molecule has 1 aromatic heterocycles. The second-order valence-corrected chi connectivity index (χ2v) is 5.55. The molecule has 1 atom stereocenters. The van der Waals surface area contributed by atoms with Gasteiger partial charge in [-0.1, -0.05) is 36.2 Å². The molecule has 1 unspecified atom stereocenters. The highest BCUT2D eigenvalue weighted by atomic mass is 35.5. The van der Waals surface area contributed by atoms with Gasteiger partial charge in [0.05, 0.1) is 34.6 Å². The number of aliphatic hydroxyl groups is 1. The van der Waals surface area contributed by atoms with E-state index in [0.717, 1.165) is 17.8 Å². The molecule has 1 aromatic carbocycles. The van der Waals surface area contributed by atoms with E-state index in [4.69, 9.17) is 27.9 Å². The second kappa shape index (κ2) is 6.69. The molecule has 4 nitrogen and oxygen atoms in total. The lowest BCUT2D eigenvalue weighted by Gasteiger charge is -2.16. The zero-order valence-corrected chi connectivity index (χ0v) is 13.7. The van der Waals surface area contributed by atoms with E-state index in [1.165, 1.54) is 0 Å². The first-order valence-electron chi connectivity index (χ1n) is 6.70. The Hall–Kier alpha value is -1.23. The van der Waals surface area contributed by atoms with Crippen LogP contribution in [0, 0.1) is 0 Å². The third-order valence-corrected chi connectivity index (χ3v) is 4.22. The van der Waals surface area contributed by atoms with Crippen molar-refractivity contribution in [2.24, 2.45) is 7.05 Å². The van der Waals surface area contributed by atoms with Gasteiger partial charge in [0, 0.05) is 19.0 Å². The van der Waals surface area contributed by atoms with E-state index in [1.54, 1.807) is 30.0 Å².